The molecule has 0 bridgehead atoms. The molecule has 9 heteroatoms. The van der Waals surface area contributed by atoms with Crippen molar-refractivity contribution in [3.63, 3.8) is 0 Å². The van der Waals surface area contributed by atoms with Crippen molar-refractivity contribution in [1.29, 1.82) is 0 Å². The van der Waals surface area contributed by atoms with Crippen LogP contribution >= 0.6 is 23.2 Å². The number of sulfonamides is 1. The third-order valence-electron chi connectivity index (χ3n) is 5.98. The average molecular weight is 533 g/mol. The van der Waals surface area contributed by atoms with Gasteiger partial charge in [0.2, 0.25) is 15.9 Å². The Morgan fingerprint density at radius 1 is 0.914 bits per heavy atom. The number of anilines is 1. The minimum atomic E-state index is -3.60. The second-order valence-corrected chi connectivity index (χ2v) is 11.2. The first kappa shape index (κ1) is 25.5. The largest absolute Gasteiger partial charge is 0.489 e. The third-order valence-corrected chi connectivity index (χ3v) is 8.49. The number of ether oxygens (including phenoxy) is 1. The van der Waals surface area contributed by atoms with Crippen LogP contribution in [0.5, 0.6) is 5.75 Å². The third kappa shape index (κ3) is 6.76. The minimum absolute atomic E-state index is 0.117. The first-order valence-electron chi connectivity index (χ1n) is 11.3. The molecule has 6 nitrogen and oxygen atoms in total. The maximum absolute atomic E-state index is 12.9. The molecule has 0 unspecified atom stereocenters. The summed E-state index contributed by atoms with van der Waals surface area (Å²) >= 11 is 12.3. The van der Waals surface area contributed by atoms with E-state index >= 15 is 0 Å². The molecule has 1 N–H and O–H groups in total. The number of piperidine rings is 1. The summed E-state index contributed by atoms with van der Waals surface area (Å²) in [5.74, 6) is 0.0682. The molecular weight excluding hydrogens is 507 g/mol. The first-order valence-corrected chi connectivity index (χ1v) is 13.7. The van der Waals surface area contributed by atoms with Gasteiger partial charge >= 0.3 is 0 Å². The minimum Gasteiger partial charge on any atom is -0.489 e. The van der Waals surface area contributed by atoms with E-state index in [9.17, 15) is 13.2 Å². The monoisotopic (exact) mass is 532 g/mol. The van der Waals surface area contributed by atoms with E-state index < -0.39 is 10.0 Å². The Morgan fingerprint density at radius 2 is 1.54 bits per heavy atom. The van der Waals surface area contributed by atoms with Crippen LogP contribution in [0.3, 0.4) is 0 Å². The number of carbonyl (C=O) groups is 1. The number of hydrogen-bond acceptors (Lipinski definition) is 4. The lowest BCUT2D eigenvalue weighted by molar-refractivity contribution is -0.120. The van der Waals surface area contributed by atoms with Gasteiger partial charge in [0, 0.05) is 40.3 Å². The number of carbonyl (C=O) groups excluding carboxylic acids is 1. The summed E-state index contributed by atoms with van der Waals surface area (Å²) in [5, 5.41) is 3.58. The van der Waals surface area contributed by atoms with Crippen LogP contribution in [-0.2, 0) is 27.2 Å². The number of hydrogen-bond donors (Lipinski definition) is 1. The summed E-state index contributed by atoms with van der Waals surface area (Å²) in [6.45, 7) is 1.01. The number of benzene rings is 3. The number of nitrogens with one attached hydrogen (secondary N) is 1. The van der Waals surface area contributed by atoms with Gasteiger partial charge in [-0.3, -0.25) is 4.79 Å². The molecule has 184 valence electrons. The molecule has 1 aliphatic heterocycles. The van der Waals surface area contributed by atoms with E-state index in [2.05, 4.69) is 5.32 Å². The fourth-order valence-corrected chi connectivity index (χ4v) is 6.27. The van der Waals surface area contributed by atoms with Gasteiger partial charge in [0.25, 0.3) is 0 Å². The van der Waals surface area contributed by atoms with E-state index in [4.69, 9.17) is 27.9 Å². The molecule has 0 aromatic heterocycles. The Morgan fingerprint density at radius 3 is 2.17 bits per heavy atom. The van der Waals surface area contributed by atoms with Crippen LogP contribution in [-0.4, -0.2) is 31.7 Å². The van der Waals surface area contributed by atoms with Gasteiger partial charge in [-0.2, -0.15) is 0 Å². The average Bonchev–Trinajstić information content (AvgIpc) is 2.87. The zero-order valence-corrected chi connectivity index (χ0v) is 21.3. The summed E-state index contributed by atoms with van der Waals surface area (Å²) in [6.07, 6.45) is 0.888. The Labute approximate surface area is 215 Å². The highest BCUT2D eigenvalue weighted by Gasteiger charge is 2.32. The van der Waals surface area contributed by atoms with Gasteiger partial charge in [-0.15, -0.1) is 0 Å². The molecule has 3 aromatic carbocycles. The van der Waals surface area contributed by atoms with Crippen molar-refractivity contribution < 1.29 is 17.9 Å². The van der Waals surface area contributed by atoms with Gasteiger partial charge in [-0.1, -0.05) is 59.6 Å². The molecule has 0 saturated carbocycles. The Balaban J connectivity index is 1.27. The van der Waals surface area contributed by atoms with Crippen LogP contribution in [0.1, 0.15) is 24.0 Å². The number of nitrogens with zero attached hydrogens (tertiary/aromatic N) is 1. The van der Waals surface area contributed by atoms with Crippen LogP contribution in [0.15, 0.2) is 72.8 Å². The molecule has 0 radical (unpaired) electrons. The van der Waals surface area contributed by atoms with Gasteiger partial charge in [0.05, 0.1) is 5.75 Å². The lowest BCUT2D eigenvalue weighted by Gasteiger charge is -2.30. The lowest BCUT2D eigenvalue weighted by Crippen LogP contribution is -2.41. The molecule has 1 saturated heterocycles. The van der Waals surface area contributed by atoms with E-state index in [-0.39, 0.29) is 30.7 Å². The van der Waals surface area contributed by atoms with Crippen molar-refractivity contribution in [3.05, 3.63) is 94.0 Å². The predicted octanol–water partition coefficient (Wildman–Crippen LogP) is 5.75. The first-order chi connectivity index (χ1) is 16.8. The SMILES string of the molecule is O=C(Nc1ccc(OCc2ccccc2)cc1)C1CCN(S(=O)(=O)Cc2c(Cl)cccc2Cl)CC1. The normalized spacial score (nSPS) is 15.0. The molecule has 3 aromatic rings. The van der Waals surface area contributed by atoms with Gasteiger partial charge in [0.1, 0.15) is 12.4 Å². The lowest BCUT2D eigenvalue weighted by atomic mass is 9.97. The van der Waals surface area contributed by atoms with E-state index in [1.165, 1.54) is 4.31 Å². The van der Waals surface area contributed by atoms with Crippen LogP contribution < -0.4 is 10.1 Å². The van der Waals surface area contributed by atoms with Crippen molar-refractivity contribution in [2.45, 2.75) is 25.2 Å². The van der Waals surface area contributed by atoms with Crippen LogP contribution in [0.4, 0.5) is 5.69 Å². The summed E-state index contributed by atoms with van der Waals surface area (Å²) < 4.78 is 33.0. The molecule has 1 amide bonds. The number of rotatable bonds is 8. The Kier molecular flexibility index (Phi) is 8.34. The molecule has 1 heterocycles. The predicted molar refractivity (Wildman–Crippen MR) is 139 cm³/mol. The van der Waals surface area contributed by atoms with E-state index in [0.717, 1.165) is 5.56 Å². The van der Waals surface area contributed by atoms with Gasteiger partial charge in [-0.05, 0) is 54.8 Å². The second-order valence-electron chi connectivity index (χ2n) is 8.42. The highest BCUT2D eigenvalue weighted by atomic mass is 35.5. The standard InChI is InChI=1S/C26H26Cl2N2O4S/c27-24-7-4-8-25(28)23(24)18-35(32,33)30-15-13-20(14-16-30)26(31)29-21-9-11-22(12-10-21)34-17-19-5-2-1-3-6-19/h1-12,20H,13-18H2,(H,29,31). The smallest absolute Gasteiger partial charge is 0.227 e. The highest BCUT2D eigenvalue weighted by Crippen LogP contribution is 2.29. The van der Waals surface area contributed by atoms with Crippen LogP contribution in [0.25, 0.3) is 0 Å². The highest BCUT2D eigenvalue weighted by molar-refractivity contribution is 7.88. The fourth-order valence-electron chi connectivity index (χ4n) is 3.96. The molecule has 1 aliphatic rings. The number of amides is 1. The summed E-state index contributed by atoms with van der Waals surface area (Å²) in [5.41, 5.74) is 2.14. The zero-order chi connectivity index (χ0) is 24.8. The van der Waals surface area contributed by atoms with Crippen molar-refractivity contribution in [1.82, 2.24) is 4.31 Å². The maximum Gasteiger partial charge on any atom is 0.227 e. The Bertz CT molecular complexity index is 1240. The Hall–Kier alpha value is -2.58. The molecule has 35 heavy (non-hydrogen) atoms. The van der Waals surface area contributed by atoms with E-state index in [1.54, 1.807) is 30.3 Å². The summed E-state index contributed by atoms with van der Waals surface area (Å²) in [6, 6.07) is 22.0. The second kappa shape index (κ2) is 11.4. The van der Waals surface area contributed by atoms with Crippen molar-refractivity contribution in [3.8, 4) is 5.75 Å². The van der Waals surface area contributed by atoms with Crippen molar-refractivity contribution in [2.75, 3.05) is 18.4 Å². The topological polar surface area (TPSA) is 75.7 Å². The number of halogens is 2. The summed E-state index contributed by atoms with van der Waals surface area (Å²) in [4.78, 5) is 12.8. The van der Waals surface area contributed by atoms with Crippen molar-refractivity contribution >= 4 is 44.8 Å². The maximum atomic E-state index is 12.9. The zero-order valence-electron chi connectivity index (χ0n) is 19.0. The van der Waals surface area contributed by atoms with E-state index in [1.807, 2.05) is 42.5 Å². The molecule has 1 fully saturated rings. The fraction of sp³-hybridized carbons (Fsp3) is 0.269. The molecular formula is C26H26Cl2N2O4S. The molecule has 4 rings (SSSR count). The quantitative estimate of drug-likeness (QED) is 0.400. The van der Waals surface area contributed by atoms with Gasteiger partial charge < -0.3 is 10.1 Å². The van der Waals surface area contributed by atoms with E-state index in [0.29, 0.717) is 46.5 Å². The molecule has 0 spiro atoms. The van der Waals surface area contributed by atoms with Gasteiger partial charge in [0.15, 0.2) is 0 Å². The van der Waals surface area contributed by atoms with Crippen LogP contribution in [0, 0.1) is 5.92 Å². The van der Waals surface area contributed by atoms with Gasteiger partial charge in [-0.25, -0.2) is 12.7 Å². The van der Waals surface area contributed by atoms with Crippen LogP contribution in [0.2, 0.25) is 10.0 Å². The molecule has 0 atom stereocenters. The van der Waals surface area contributed by atoms with Crippen molar-refractivity contribution in [2.24, 2.45) is 5.92 Å². The summed E-state index contributed by atoms with van der Waals surface area (Å²) in [7, 11) is -3.60. The molecule has 0 aliphatic carbocycles.